The Bertz CT molecular complexity index is 519. The lowest BCUT2D eigenvalue weighted by atomic mass is 10.2. The molecular weight excluding hydrogens is 274 g/mol. The molecule has 0 fully saturated rings. The summed E-state index contributed by atoms with van der Waals surface area (Å²) >= 11 is 0. The van der Waals surface area contributed by atoms with Crippen molar-refractivity contribution in [3.8, 4) is 0 Å². The topological polar surface area (TPSA) is 100 Å². The number of amides is 1. The Kier molecular flexibility index (Phi) is 6.04. The quantitative estimate of drug-likeness (QED) is 0.577. The van der Waals surface area contributed by atoms with Gasteiger partial charge in [-0.25, -0.2) is 4.98 Å². The summed E-state index contributed by atoms with van der Waals surface area (Å²) in [6, 6.07) is 1.19. The van der Waals surface area contributed by atoms with Gasteiger partial charge in [-0.15, -0.1) is 0 Å². The van der Waals surface area contributed by atoms with Crippen LogP contribution in [0.3, 0.4) is 0 Å². The zero-order valence-electron chi connectivity index (χ0n) is 12.7. The molecule has 21 heavy (non-hydrogen) atoms. The fourth-order valence-electron chi connectivity index (χ4n) is 1.75. The smallest absolute Gasteiger partial charge is 0.288 e. The second kappa shape index (κ2) is 7.53. The molecule has 0 aliphatic carbocycles. The second-order valence-corrected chi connectivity index (χ2v) is 5.06. The maximum Gasteiger partial charge on any atom is 0.288 e. The standard InChI is InChI=1S/C13H21N5O3/c1-9(5-6-17(3)4)16-13(19)11-7-10(18(20)21)8-15-12(11)14-2/h7-9H,5-6H2,1-4H3,(H,14,15)(H,16,19). The van der Waals surface area contributed by atoms with E-state index in [0.29, 0.717) is 5.82 Å². The van der Waals surface area contributed by atoms with Crippen molar-refractivity contribution in [2.75, 3.05) is 33.0 Å². The first-order valence-corrected chi connectivity index (χ1v) is 6.63. The van der Waals surface area contributed by atoms with Crippen LogP contribution in [-0.2, 0) is 0 Å². The van der Waals surface area contributed by atoms with Gasteiger partial charge in [0.2, 0.25) is 0 Å². The summed E-state index contributed by atoms with van der Waals surface area (Å²) in [5, 5.41) is 16.4. The summed E-state index contributed by atoms with van der Waals surface area (Å²) in [7, 11) is 5.52. The summed E-state index contributed by atoms with van der Waals surface area (Å²) in [5.41, 5.74) is -0.0384. The molecule has 116 valence electrons. The van der Waals surface area contributed by atoms with E-state index in [9.17, 15) is 14.9 Å². The molecule has 0 spiro atoms. The van der Waals surface area contributed by atoms with Gasteiger partial charge in [-0.1, -0.05) is 0 Å². The SMILES string of the molecule is CNc1ncc([N+](=O)[O-])cc1C(=O)NC(C)CCN(C)C. The number of nitrogens with zero attached hydrogens (tertiary/aromatic N) is 3. The number of nitro groups is 1. The number of hydrogen-bond donors (Lipinski definition) is 2. The van der Waals surface area contributed by atoms with Crippen molar-refractivity contribution in [1.29, 1.82) is 0 Å². The number of carbonyl (C=O) groups excluding carboxylic acids is 1. The van der Waals surface area contributed by atoms with Gasteiger partial charge < -0.3 is 15.5 Å². The number of anilines is 1. The summed E-state index contributed by atoms with van der Waals surface area (Å²) in [5.74, 6) is -0.0558. The molecule has 0 saturated carbocycles. The van der Waals surface area contributed by atoms with E-state index in [0.717, 1.165) is 19.2 Å². The monoisotopic (exact) mass is 295 g/mol. The maximum absolute atomic E-state index is 12.2. The predicted octanol–water partition coefficient (Wildman–Crippen LogP) is 1.10. The van der Waals surface area contributed by atoms with E-state index in [-0.39, 0.29) is 23.2 Å². The molecule has 1 aromatic heterocycles. The zero-order chi connectivity index (χ0) is 16.0. The Balaban J connectivity index is 2.85. The van der Waals surface area contributed by atoms with Crippen molar-refractivity contribution in [2.45, 2.75) is 19.4 Å². The van der Waals surface area contributed by atoms with E-state index < -0.39 is 4.92 Å². The fraction of sp³-hybridized carbons (Fsp3) is 0.538. The van der Waals surface area contributed by atoms with Crippen LogP contribution in [0.1, 0.15) is 23.7 Å². The van der Waals surface area contributed by atoms with Gasteiger partial charge in [0.15, 0.2) is 0 Å². The zero-order valence-corrected chi connectivity index (χ0v) is 12.7. The Morgan fingerprint density at radius 3 is 2.71 bits per heavy atom. The number of nitrogens with one attached hydrogen (secondary N) is 2. The first-order valence-electron chi connectivity index (χ1n) is 6.63. The fourth-order valence-corrected chi connectivity index (χ4v) is 1.75. The second-order valence-electron chi connectivity index (χ2n) is 5.06. The van der Waals surface area contributed by atoms with Gasteiger partial charge in [0.1, 0.15) is 12.0 Å². The highest BCUT2D eigenvalue weighted by Gasteiger charge is 2.18. The van der Waals surface area contributed by atoms with Crippen molar-refractivity contribution < 1.29 is 9.72 Å². The third-order valence-corrected chi connectivity index (χ3v) is 2.95. The molecule has 1 atom stereocenters. The number of rotatable bonds is 7. The minimum Gasteiger partial charge on any atom is -0.372 e. The highest BCUT2D eigenvalue weighted by molar-refractivity contribution is 5.99. The van der Waals surface area contributed by atoms with Gasteiger partial charge >= 0.3 is 0 Å². The van der Waals surface area contributed by atoms with Crippen molar-refractivity contribution in [2.24, 2.45) is 0 Å². The molecule has 0 aliphatic heterocycles. The van der Waals surface area contributed by atoms with Crippen LogP contribution in [0.5, 0.6) is 0 Å². The van der Waals surface area contributed by atoms with Gasteiger partial charge in [-0.2, -0.15) is 0 Å². The van der Waals surface area contributed by atoms with E-state index in [4.69, 9.17) is 0 Å². The Labute approximate surface area is 123 Å². The van der Waals surface area contributed by atoms with Crippen LogP contribution in [0, 0.1) is 10.1 Å². The summed E-state index contributed by atoms with van der Waals surface area (Å²) in [6.45, 7) is 2.73. The average molecular weight is 295 g/mol. The number of pyridine rings is 1. The molecule has 1 amide bonds. The van der Waals surface area contributed by atoms with Gasteiger partial charge in [0.05, 0.1) is 10.5 Å². The Hall–Kier alpha value is -2.22. The number of hydrogen-bond acceptors (Lipinski definition) is 6. The normalized spacial score (nSPS) is 12.0. The highest BCUT2D eigenvalue weighted by atomic mass is 16.6. The average Bonchev–Trinajstić information content (AvgIpc) is 2.44. The molecule has 0 aromatic carbocycles. The minimum absolute atomic E-state index is 0.0381. The van der Waals surface area contributed by atoms with Gasteiger partial charge in [-0.05, 0) is 34.0 Å². The van der Waals surface area contributed by atoms with Crippen LogP contribution < -0.4 is 10.6 Å². The van der Waals surface area contributed by atoms with E-state index in [1.54, 1.807) is 7.05 Å². The molecule has 0 aliphatic rings. The maximum atomic E-state index is 12.2. The third-order valence-electron chi connectivity index (χ3n) is 2.95. The molecular formula is C13H21N5O3. The molecule has 1 aromatic rings. The van der Waals surface area contributed by atoms with Crippen LogP contribution in [0.2, 0.25) is 0 Å². The largest absolute Gasteiger partial charge is 0.372 e. The molecule has 1 unspecified atom stereocenters. The predicted molar refractivity (Wildman–Crippen MR) is 80.5 cm³/mol. The van der Waals surface area contributed by atoms with Crippen molar-refractivity contribution >= 4 is 17.4 Å². The molecule has 0 bridgehead atoms. The van der Waals surface area contributed by atoms with Crippen LogP contribution in [0.4, 0.5) is 11.5 Å². The van der Waals surface area contributed by atoms with Crippen molar-refractivity contribution in [3.05, 3.63) is 27.9 Å². The first kappa shape index (κ1) is 16.8. The van der Waals surface area contributed by atoms with E-state index >= 15 is 0 Å². The molecule has 0 saturated heterocycles. The van der Waals surface area contributed by atoms with Crippen LogP contribution in [0.15, 0.2) is 12.3 Å². The van der Waals surface area contributed by atoms with Gasteiger partial charge in [0, 0.05) is 19.2 Å². The van der Waals surface area contributed by atoms with Crippen molar-refractivity contribution in [3.63, 3.8) is 0 Å². The lowest BCUT2D eigenvalue weighted by Gasteiger charge is -2.17. The first-order chi connectivity index (χ1) is 9.85. The summed E-state index contributed by atoms with van der Waals surface area (Å²) in [4.78, 5) is 28.4. The van der Waals surface area contributed by atoms with Gasteiger partial charge in [0.25, 0.3) is 11.6 Å². The Morgan fingerprint density at radius 2 is 2.19 bits per heavy atom. The molecule has 0 radical (unpaired) electrons. The molecule has 1 heterocycles. The molecule has 8 nitrogen and oxygen atoms in total. The van der Waals surface area contributed by atoms with Gasteiger partial charge in [-0.3, -0.25) is 14.9 Å². The minimum atomic E-state index is -0.571. The molecule has 2 N–H and O–H groups in total. The van der Waals surface area contributed by atoms with E-state index in [1.807, 2.05) is 25.9 Å². The van der Waals surface area contributed by atoms with Crippen LogP contribution in [-0.4, -0.2) is 54.4 Å². The lowest BCUT2D eigenvalue weighted by Crippen LogP contribution is -2.35. The molecule has 1 rings (SSSR count). The third kappa shape index (κ3) is 4.99. The number of carbonyl (C=O) groups is 1. The molecule has 8 heteroatoms. The van der Waals surface area contributed by atoms with E-state index in [1.165, 1.54) is 6.07 Å². The summed E-state index contributed by atoms with van der Waals surface area (Å²) in [6.07, 6.45) is 1.91. The Morgan fingerprint density at radius 1 is 1.52 bits per heavy atom. The lowest BCUT2D eigenvalue weighted by molar-refractivity contribution is -0.385. The van der Waals surface area contributed by atoms with Crippen LogP contribution >= 0.6 is 0 Å². The highest BCUT2D eigenvalue weighted by Crippen LogP contribution is 2.18. The van der Waals surface area contributed by atoms with Crippen LogP contribution in [0.25, 0.3) is 0 Å². The summed E-state index contributed by atoms with van der Waals surface area (Å²) < 4.78 is 0. The van der Waals surface area contributed by atoms with E-state index in [2.05, 4.69) is 15.6 Å². The van der Waals surface area contributed by atoms with Crippen molar-refractivity contribution in [1.82, 2.24) is 15.2 Å². The number of aromatic nitrogens is 1.